The van der Waals surface area contributed by atoms with Gasteiger partial charge in [0.2, 0.25) is 0 Å². The van der Waals surface area contributed by atoms with Crippen molar-refractivity contribution >= 4 is 5.97 Å². The van der Waals surface area contributed by atoms with Crippen molar-refractivity contribution in [1.29, 1.82) is 0 Å². The van der Waals surface area contributed by atoms with Gasteiger partial charge in [0.1, 0.15) is 6.10 Å². The van der Waals surface area contributed by atoms with E-state index in [-0.39, 0.29) is 34.6 Å². The lowest BCUT2D eigenvalue weighted by Crippen LogP contribution is -2.67. The van der Waals surface area contributed by atoms with Crippen LogP contribution in [0.15, 0.2) is 11.6 Å². The second kappa shape index (κ2) is 9.06. The molecule has 14 atom stereocenters. The van der Waals surface area contributed by atoms with Gasteiger partial charge >= 0.3 is 5.97 Å². The third kappa shape index (κ3) is 3.91. The highest BCUT2D eigenvalue weighted by atomic mass is 16.6. The number of rotatable bonds is 5. The molecule has 0 aromatic heterocycles. The second-order valence-electron chi connectivity index (χ2n) is 15.0. The van der Waals surface area contributed by atoms with Crippen molar-refractivity contribution in [3.63, 3.8) is 0 Å². The molecule has 0 radical (unpaired) electrons. The fourth-order valence-electron chi connectivity index (χ4n) is 10.7. The largest absolute Gasteiger partial charge is 0.459 e. The van der Waals surface area contributed by atoms with Crippen LogP contribution in [0.2, 0.25) is 0 Å². The number of hydrogen-bond donors (Lipinski definition) is 3. The van der Waals surface area contributed by atoms with Crippen molar-refractivity contribution in [2.45, 2.75) is 118 Å². The van der Waals surface area contributed by atoms with Gasteiger partial charge in [-0.05, 0) is 90.8 Å². The van der Waals surface area contributed by atoms with Crippen LogP contribution in [0.5, 0.6) is 0 Å². The Labute approximate surface area is 224 Å². The molecule has 5 heteroatoms. The Kier molecular flexibility index (Phi) is 6.77. The quantitative estimate of drug-likeness (QED) is 0.338. The molecule has 5 rings (SSSR count). The van der Waals surface area contributed by atoms with E-state index in [0.717, 1.165) is 24.8 Å². The molecule has 3 N–H and O–H groups in total. The molecule has 0 saturated heterocycles. The topological polar surface area (TPSA) is 87.0 Å². The average Bonchev–Trinajstić information content (AvgIpc) is 3.39. The van der Waals surface area contributed by atoms with Gasteiger partial charge in [-0.2, -0.15) is 0 Å². The predicted octanol–water partition coefficient (Wildman–Crippen LogP) is 5.36. The van der Waals surface area contributed by atoms with Crippen molar-refractivity contribution < 1.29 is 24.9 Å². The minimum Gasteiger partial charge on any atom is -0.459 e. The molecule has 5 aliphatic rings. The van der Waals surface area contributed by atoms with Crippen LogP contribution >= 0.6 is 0 Å². The number of fused-ring (bicyclic) bond motifs is 5. The molecule has 0 spiro atoms. The van der Waals surface area contributed by atoms with Gasteiger partial charge in [-0.15, -0.1) is 0 Å². The van der Waals surface area contributed by atoms with Gasteiger partial charge in [0.15, 0.2) is 0 Å². The van der Waals surface area contributed by atoms with Crippen LogP contribution in [0, 0.1) is 63.6 Å². The SMILES string of the molecule is CC(=O)O[C@@H]1[C@@H](O)C2C(C3CCC(C(C)C4CC4(C)C(C)C(C)C)C31C)[C@H](O)C=C1C[C@@H](O)CCC12C. The summed E-state index contributed by atoms with van der Waals surface area (Å²) < 4.78 is 6.13. The van der Waals surface area contributed by atoms with E-state index in [0.29, 0.717) is 47.8 Å². The summed E-state index contributed by atoms with van der Waals surface area (Å²) >= 11 is 0. The number of hydrogen-bond acceptors (Lipinski definition) is 5. The molecule has 0 heterocycles. The zero-order valence-electron chi connectivity index (χ0n) is 24.4. The first-order valence-electron chi connectivity index (χ1n) is 15.1. The highest BCUT2D eigenvalue weighted by Crippen LogP contribution is 2.71. The van der Waals surface area contributed by atoms with Crippen LogP contribution in [-0.2, 0) is 9.53 Å². The monoisotopic (exact) mass is 516 g/mol. The maximum absolute atomic E-state index is 12.5. The molecule has 5 aliphatic carbocycles. The van der Waals surface area contributed by atoms with Crippen LogP contribution in [0.25, 0.3) is 0 Å². The normalized spacial score (nSPS) is 52.4. The average molecular weight is 517 g/mol. The molecule has 0 amide bonds. The van der Waals surface area contributed by atoms with Crippen LogP contribution < -0.4 is 0 Å². The van der Waals surface area contributed by atoms with E-state index in [1.807, 2.05) is 6.08 Å². The summed E-state index contributed by atoms with van der Waals surface area (Å²) in [7, 11) is 0. The lowest BCUT2D eigenvalue weighted by molar-refractivity contribution is -0.231. The summed E-state index contributed by atoms with van der Waals surface area (Å²) in [4.78, 5) is 12.5. The van der Waals surface area contributed by atoms with Crippen LogP contribution in [0.1, 0.15) is 93.9 Å². The Morgan fingerprint density at radius 1 is 1.03 bits per heavy atom. The van der Waals surface area contributed by atoms with E-state index in [2.05, 4.69) is 48.5 Å². The van der Waals surface area contributed by atoms with E-state index in [9.17, 15) is 20.1 Å². The lowest BCUT2D eigenvalue weighted by Gasteiger charge is -2.63. The second-order valence-corrected chi connectivity index (χ2v) is 15.0. The summed E-state index contributed by atoms with van der Waals surface area (Å²) in [5.41, 5.74) is 0.733. The number of carbonyl (C=O) groups is 1. The molecule has 4 saturated carbocycles. The van der Waals surface area contributed by atoms with Gasteiger partial charge < -0.3 is 20.1 Å². The highest BCUT2D eigenvalue weighted by molar-refractivity contribution is 5.66. The first kappa shape index (κ1) is 27.6. The van der Waals surface area contributed by atoms with E-state index >= 15 is 0 Å². The standard InChI is InChI=1S/C32H52O5/c1-16(2)18(4)31(7)15-24(31)17(3)22-9-10-23-26-25(35)14-20-13-21(34)11-12-30(20,6)27(26)28(36)29(32(22,23)8)37-19(5)33/h14,16-18,21-29,34-36H,9-13,15H2,1-8H3/t17?,18?,21-,22?,23?,24?,25+,26?,27?,28-,29+,30?,31?,32?/m0/s1. The molecule has 0 aromatic carbocycles. The van der Waals surface area contributed by atoms with E-state index in [4.69, 9.17) is 4.74 Å². The van der Waals surface area contributed by atoms with Crippen molar-refractivity contribution in [3.05, 3.63) is 11.6 Å². The molecular formula is C32H52O5. The third-order valence-electron chi connectivity index (χ3n) is 13.2. The van der Waals surface area contributed by atoms with Gasteiger partial charge in [-0.3, -0.25) is 4.79 Å². The number of aliphatic hydroxyl groups is 3. The van der Waals surface area contributed by atoms with Crippen LogP contribution in [0.4, 0.5) is 0 Å². The Bertz CT molecular complexity index is 943. The van der Waals surface area contributed by atoms with Gasteiger partial charge in [-0.1, -0.05) is 60.1 Å². The Morgan fingerprint density at radius 2 is 1.70 bits per heavy atom. The number of aliphatic hydroxyl groups excluding tert-OH is 3. The van der Waals surface area contributed by atoms with E-state index < -0.39 is 24.4 Å². The number of carbonyl (C=O) groups excluding carboxylic acids is 1. The van der Waals surface area contributed by atoms with Crippen molar-refractivity contribution in [2.24, 2.45) is 63.6 Å². The molecule has 0 aliphatic heterocycles. The zero-order valence-corrected chi connectivity index (χ0v) is 24.4. The lowest BCUT2D eigenvalue weighted by atomic mass is 9.44. The third-order valence-corrected chi connectivity index (χ3v) is 13.2. The summed E-state index contributed by atoms with van der Waals surface area (Å²) in [5.74, 6) is 2.35. The minimum atomic E-state index is -0.832. The smallest absolute Gasteiger partial charge is 0.303 e. The fourth-order valence-corrected chi connectivity index (χ4v) is 10.7. The molecule has 0 aromatic rings. The first-order valence-corrected chi connectivity index (χ1v) is 15.1. The summed E-state index contributed by atoms with van der Waals surface area (Å²) in [6.45, 7) is 17.9. The molecule has 10 unspecified atom stereocenters. The van der Waals surface area contributed by atoms with Crippen molar-refractivity contribution in [1.82, 2.24) is 0 Å². The van der Waals surface area contributed by atoms with Gasteiger partial charge in [0.25, 0.3) is 0 Å². The summed E-state index contributed by atoms with van der Waals surface area (Å²) in [6.07, 6.45) is 4.91. The van der Waals surface area contributed by atoms with E-state index in [1.165, 1.54) is 13.3 Å². The molecule has 5 nitrogen and oxygen atoms in total. The van der Waals surface area contributed by atoms with Crippen molar-refractivity contribution in [3.8, 4) is 0 Å². The molecule has 0 bridgehead atoms. The first-order chi connectivity index (χ1) is 17.2. The molecule has 37 heavy (non-hydrogen) atoms. The van der Waals surface area contributed by atoms with Crippen molar-refractivity contribution in [2.75, 3.05) is 0 Å². The number of ether oxygens (including phenoxy) is 1. The van der Waals surface area contributed by atoms with Gasteiger partial charge in [0.05, 0.1) is 18.3 Å². The molecule has 210 valence electrons. The summed E-state index contributed by atoms with van der Waals surface area (Å²) in [6, 6.07) is 0. The highest BCUT2D eigenvalue weighted by Gasteiger charge is 2.70. The zero-order chi connectivity index (χ0) is 27.2. The Balaban J connectivity index is 1.53. The van der Waals surface area contributed by atoms with E-state index in [1.54, 1.807) is 0 Å². The predicted molar refractivity (Wildman–Crippen MR) is 144 cm³/mol. The maximum Gasteiger partial charge on any atom is 0.303 e. The Morgan fingerprint density at radius 3 is 2.32 bits per heavy atom. The maximum atomic E-state index is 12.5. The summed E-state index contributed by atoms with van der Waals surface area (Å²) in [5, 5.41) is 34.1. The van der Waals surface area contributed by atoms with Crippen LogP contribution in [-0.4, -0.2) is 45.7 Å². The fraction of sp³-hybridized carbons (Fsp3) is 0.906. The molecule has 4 fully saturated rings. The molecular weight excluding hydrogens is 464 g/mol. The van der Waals surface area contributed by atoms with Crippen LogP contribution in [0.3, 0.4) is 0 Å². The van der Waals surface area contributed by atoms with Gasteiger partial charge in [0, 0.05) is 18.3 Å². The number of esters is 1. The Hall–Kier alpha value is -0.910. The minimum absolute atomic E-state index is 0.0619. The van der Waals surface area contributed by atoms with Gasteiger partial charge in [-0.25, -0.2) is 0 Å².